The summed E-state index contributed by atoms with van der Waals surface area (Å²) in [7, 11) is 0. The van der Waals surface area contributed by atoms with Crippen LogP contribution in [0.2, 0.25) is 0 Å². The number of carbonyl (C=O) groups is 1. The average Bonchev–Trinajstić information content (AvgIpc) is 3.14. The van der Waals surface area contributed by atoms with Crippen LogP contribution >= 0.6 is 15.9 Å². The van der Waals surface area contributed by atoms with Gasteiger partial charge in [0.25, 0.3) is 5.91 Å². The molecule has 3 rings (SSSR count). The number of nitrogens with two attached hydrogens (primary N) is 1. The van der Waals surface area contributed by atoms with E-state index >= 15 is 0 Å². The Hall–Kier alpha value is -3.08. The number of halogens is 1. The highest BCUT2D eigenvalue weighted by atomic mass is 79.9. The number of hydrogen-bond acceptors (Lipinski definition) is 8. The van der Waals surface area contributed by atoms with Crippen molar-refractivity contribution in [2.75, 3.05) is 5.73 Å². The maximum absolute atomic E-state index is 12.1. The SMILES string of the molecule is Cc1c(C(=O)N/N=C\c2ccc(Br)cc2)nnn1-c1nonc1N. The summed E-state index contributed by atoms with van der Waals surface area (Å²) in [6, 6.07) is 7.44. The molecule has 11 heteroatoms. The van der Waals surface area contributed by atoms with Crippen LogP contribution in [0.15, 0.2) is 38.5 Å². The summed E-state index contributed by atoms with van der Waals surface area (Å²) in [5.41, 5.74) is 9.33. The number of aromatic nitrogens is 5. The number of nitrogen functional groups attached to an aromatic ring is 1. The molecule has 1 aromatic carbocycles. The number of hydrazone groups is 1. The number of benzene rings is 1. The fourth-order valence-corrected chi connectivity index (χ4v) is 2.11. The molecule has 0 saturated heterocycles. The summed E-state index contributed by atoms with van der Waals surface area (Å²) in [6.07, 6.45) is 1.52. The first kappa shape index (κ1) is 15.8. The third-order valence-corrected chi connectivity index (χ3v) is 3.58. The number of nitrogens with one attached hydrogen (secondary N) is 1. The molecular formula is C13H11BrN8O2. The van der Waals surface area contributed by atoms with Gasteiger partial charge in [0.15, 0.2) is 5.69 Å². The molecule has 2 heterocycles. The van der Waals surface area contributed by atoms with Crippen LogP contribution in [0.25, 0.3) is 5.82 Å². The number of nitrogens with zero attached hydrogens (tertiary/aromatic N) is 6. The standard InChI is InChI=1S/C13H11BrN8O2/c1-7-10(17-21-22(7)12-11(15)19-24-20-12)13(23)18-16-6-8-2-4-9(14)5-3-8/h2-6H,1H3,(H2,15,19)(H,18,23)/b16-6-. The predicted octanol–water partition coefficient (Wildman–Crippen LogP) is 1.07. The second-order valence-electron chi connectivity index (χ2n) is 4.66. The fraction of sp³-hybridized carbons (Fsp3) is 0.0769. The lowest BCUT2D eigenvalue weighted by atomic mass is 10.2. The molecule has 2 aromatic heterocycles. The van der Waals surface area contributed by atoms with Gasteiger partial charge in [0, 0.05) is 4.47 Å². The van der Waals surface area contributed by atoms with Gasteiger partial charge in [-0.1, -0.05) is 33.3 Å². The molecule has 0 radical (unpaired) electrons. The van der Waals surface area contributed by atoms with E-state index in [4.69, 9.17) is 5.73 Å². The van der Waals surface area contributed by atoms with Crippen LogP contribution in [-0.2, 0) is 0 Å². The van der Waals surface area contributed by atoms with Crippen LogP contribution in [0.5, 0.6) is 0 Å². The van der Waals surface area contributed by atoms with Gasteiger partial charge in [-0.2, -0.15) is 9.78 Å². The summed E-state index contributed by atoms with van der Waals surface area (Å²) in [4.78, 5) is 12.1. The van der Waals surface area contributed by atoms with Crippen LogP contribution in [0.3, 0.4) is 0 Å². The molecule has 0 atom stereocenters. The summed E-state index contributed by atoms with van der Waals surface area (Å²) in [5.74, 6) is -0.303. The molecule has 0 spiro atoms. The van der Waals surface area contributed by atoms with E-state index in [2.05, 4.69) is 51.7 Å². The first-order chi connectivity index (χ1) is 11.6. The zero-order valence-corrected chi connectivity index (χ0v) is 13.9. The van der Waals surface area contributed by atoms with E-state index in [0.29, 0.717) is 5.69 Å². The molecule has 0 aliphatic heterocycles. The minimum absolute atomic E-state index is 0.0446. The first-order valence-corrected chi connectivity index (χ1v) is 7.45. The van der Waals surface area contributed by atoms with Crippen molar-refractivity contribution >= 4 is 33.9 Å². The lowest BCUT2D eigenvalue weighted by Crippen LogP contribution is -2.19. The molecule has 0 aliphatic carbocycles. The lowest BCUT2D eigenvalue weighted by Gasteiger charge is -1.99. The highest BCUT2D eigenvalue weighted by Crippen LogP contribution is 2.14. The molecule has 0 unspecified atom stereocenters. The van der Waals surface area contributed by atoms with Gasteiger partial charge in [0.05, 0.1) is 11.9 Å². The Morgan fingerprint density at radius 2 is 2.12 bits per heavy atom. The summed E-state index contributed by atoms with van der Waals surface area (Å²) in [6.45, 7) is 1.64. The Morgan fingerprint density at radius 3 is 2.79 bits per heavy atom. The molecular weight excluding hydrogens is 380 g/mol. The summed E-state index contributed by atoms with van der Waals surface area (Å²) < 4.78 is 6.72. The number of rotatable bonds is 4. The van der Waals surface area contributed by atoms with E-state index in [0.717, 1.165) is 10.0 Å². The van der Waals surface area contributed by atoms with Crippen molar-refractivity contribution in [3.8, 4) is 5.82 Å². The molecule has 0 bridgehead atoms. The number of hydrogen-bond donors (Lipinski definition) is 2. The average molecular weight is 391 g/mol. The lowest BCUT2D eigenvalue weighted by molar-refractivity contribution is 0.0949. The molecule has 1 amide bonds. The van der Waals surface area contributed by atoms with Crippen molar-refractivity contribution in [2.24, 2.45) is 5.10 Å². The van der Waals surface area contributed by atoms with Crippen molar-refractivity contribution < 1.29 is 9.42 Å². The summed E-state index contributed by atoms with van der Waals surface area (Å²) >= 11 is 3.34. The quantitative estimate of drug-likeness (QED) is 0.501. The highest BCUT2D eigenvalue weighted by Gasteiger charge is 2.20. The van der Waals surface area contributed by atoms with Crippen LogP contribution in [0.4, 0.5) is 5.82 Å². The molecule has 0 saturated carbocycles. The van der Waals surface area contributed by atoms with Gasteiger partial charge in [-0.05, 0) is 34.9 Å². The minimum atomic E-state index is -0.512. The third-order valence-electron chi connectivity index (χ3n) is 3.06. The second kappa shape index (κ2) is 6.58. The van der Waals surface area contributed by atoms with Crippen molar-refractivity contribution in [1.29, 1.82) is 0 Å². The molecule has 3 aromatic rings. The number of amides is 1. The largest absolute Gasteiger partial charge is 0.378 e. The molecule has 0 fully saturated rings. The maximum Gasteiger partial charge on any atom is 0.293 e. The maximum atomic E-state index is 12.1. The van der Waals surface area contributed by atoms with E-state index in [-0.39, 0.29) is 17.3 Å². The van der Waals surface area contributed by atoms with Crippen molar-refractivity contribution in [1.82, 2.24) is 30.7 Å². The Kier molecular flexibility index (Phi) is 4.33. The van der Waals surface area contributed by atoms with Crippen molar-refractivity contribution in [3.63, 3.8) is 0 Å². The molecule has 3 N–H and O–H groups in total. The van der Waals surface area contributed by atoms with Gasteiger partial charge in [0.1, 0.15) is 0 Å². The Labute approximate surface area is 143 Å². The van der Waals surface area contributed by atoms with Crippen molar-refractivity contribution in [3.05, 3.63) is 45.7 Å². The zero-order chi connectivity index (χ0) is 17.1. The van der Waals surface area contributed by atoms with Gasteiger partial charge in [-0.3, -0.25) is 4.79 Å². The van der Waals surface area contributed by atoms with Crippen LogP contribution in [-0.4, -0.2) is 37.4 Å². The fourth-order valence-electron chi connectivity index (χ4n) is 1.85. The Balaban J connectivity index is 1.73. The Bertz CT molecular complexity index is 899. The highest BCUT2D eigenvalue weighted by molar-refractivity contribution is 9.10. The Morgan fingerprint density at radius 1 is 1.38 bits per heavy atom. The number of anilines is 1. The van der Waals surface area contributed by atoms with Gasteiger partial charge in [-0.15, -0.1) is 5.10 Å². The molecule has 24 heavy (non-hydrogen) atoms. The van der Waals surface area contributed by atoms with E-state index in [9.17, 15) is 4.79 Å². The monoisotopic (exact) mass is 390 g/mol. The van der Waals surface area contributed by atoms with Crippen LogP contribution < -0.4 is 11.2 Å². The van der Waals surface area contributed by atoms with Crippen molar-refractivity contribution in [2.45, 2.75) is 6.92 Å². The van der Waals surface area contributed by atoms with Crippen LogP contribution in [0, 0.1) is 6.92 Å². The molecule has 0 aliphatic rings. The van der Waals surface area contributed by atoms with E-state index < -0.39 is 5.91 Å². The third kappa shape index (κ3) is 3.15. The van der Waals surface area contributed by atoms with E-state index in [1.807, 2.05) is 24.3 Å². The van der Waals surface area contributed by atoms with Gasteiger partial charge >= 0.3 is 0 Å². The van der Waals surface area contributed by atoms with Gasteiger partial charge < -0.3 is 5.73 Å². The van der Waals surface area contributed by atoms with E-state index in [1.165, 1.54) is 10.9 Å². The van der Waals surface area contributed by atoms with Gasteiger partial charge in [0.2, 0.25) is 11.6 Å². The van der Waals surface area contributed by atoms with Crippen LogP contribution in [0.1, 0.15) is 21.7 Å². The smallest absolute Gasteiger partial charge is 0.293 e. The second-order valence-corrected chi connectivity index (χ2v) is 5.57. The topological polar surface area (TPSA) is 137 Å². The van der Waals surface area contributed by atoms with Gasteiger partial charge in [-0.25, -0.2) is 10.1 Å². The minimum Gasteiger partial charge on any atom is -0.378 e. The molecule has 122 valence electrons. The predicted molar refractivity (Wildman–Crippen MR) is 87.6 cm³/mol. The zero-order valence-electron chi connectivity index (χ0n) is 12.3. The van der Waals surface area contributed by atoms with E-state index in [1.54, 1.807) is 6.92 Å². The summed E-state index contributed by atoms with van der Waals surface area (Å²) in [5, 5.41) is 18.6. The number of carbonyl (C=O) groups excluding carboxylic acids is 1. The molecule has 10 nitrogen and oxygen atoms in total. The first-order valence-electron chi connectivity index (χ1n) is 6.66. The normalized spacial score (nSPS) is 11.1.